The summed E-state index contributed by atoms with van der Waals surface area (Å²) in [4.78, 5) is 0. The summed E-state index contributed by atoms with van der Waals surface area (Å²) in [7, 11) is 0. The Bertz CT molecular complexity index is 152. The second-order valence-electron chi connectivity index (χ2n) is 4.31. The second-order valence-corrected chi connectivity index (χ2v) is 4.31. The monoisotopic (exact) mass is 169 g/mol. The van der Waals surface area contributed by atoms with E-state index >= 15 is 0 Å². The summed E-state index contributed by atoms with van der Waals surface area (Å²) in [5, 5.41) is 12.9. The Balaban J connectivity index is 2.05. The van der Waals surface area contributed by atoms with Gasteiger partial charge in [0.1, 0.15) is 0 Å². The molecule has 0 radical (unpaired) electrons. The average Bonchev–Trinajstić information content (AvgIpc) is 2.49. The Morgan fingerprint density at radius 1 is 1.25 bits per heavy atom. The molecule has 0 amide bonds. The van der Waals surface area contributed by atoms with E-state index in [1.165, 1.54) is 38.5 Å². The summed E-state index contributed by atoms with van der Waals surface area (Å²) >= 11 is 0. The van der Waals surface area contributed by atoms with E-state index in [1.807, 2.05) is 0 Å². The molecule has 0 aromatic rings. The third-order valence-corrected chi connectivity index (χ3v) is 3.72. The van der Waals surface area contributed by atoms with E-state index in [9.17, 15) is 5.11 Å². The Morgan fingerprint density at radius 3 is 2.67 bits per heavy atom. The average molecular weight is 169 g/mol. The number of aliphatic hydroxyl groups excluding tert-OH is 1. The van der Waals surface area contributed by atoms with Crippen LogP contribution in [0.4, 0.5) is 0 Å². The smallest absolute Gasteiger partial charge is 0.0477 e. The molecule has 2 aliphatic rings. The van der Waals surface area contributed by atoms with Gasteiger partial charge in [-0.25, -0.2) is 0 Å². The Labute approximate surface area is 74.4 Å². The second kappa shape index (κ2) is 3.35. The van der Waals surface area contributed by atoms with Gasteiger partial charge in [0.25, 0.3) is 0 Å². The molecule has 0 bridgehead atoms. The highest BCUT2D eigenvalue weighted by Crippen LogP contribution is 2.38. The number of rotatable bonds is 1. The van der Waals surface area contributed by atoms with Crippen molar-refractivity contribution in [1.29, 1.82) is 0 Å². The van der Waals surface area contributed by atoms with E-state index in [0.717, 1.165) is 6.54 Å². The Hall–Kier alpha value is -0.0800. The quantitative estimate of drug-likeness (QED) is 0.620. The molecule has 2 heteroatoms. The van der Waals surface area contributed by atoms with Crippen LogP contribution in [-0.2, 0) is 0 Å². The van der Waals surface area contributed by atoms with Gasteiger partial charge in [0, 0.05) is 18.1 Å². The van der Waals surface area contributed by atoms with Crippen LogP contribution < -0.4 is 5.32 Å². The standard InChI is InChI=1S/C10H19NO/c12-8-9-4-7-11-10(9)5-2-1-3-6-10/h9,11-12H,1-8H2. The van der Waals surface area contributed by atoms with Crippen LogP contribution in [0.3, 0.4) is 0 Å². The van der Waals surface area contributed by atoms with E-state index in [2.05, 4.69) is 5.32 Å². The van der Waals surface area contributed by atoms with Crippen molar-refractivity contribution in [2.75, 3.05) is 13.2 Å². The summed E-state index contributed by atoms with van der Waals surface area (Å²) < 4.78 is 0. The van der Waals surface area contributed by atoms with Crippen LogP contribution in [0, 0.1) is 5.92 Å². The molecule has 1 saturated heterocycles. The maximum atomic E-state index is 9.24. The van der Waals surface area contributed by atoms with Gasteiger partial charge in [0.2, 0.25) is 0 Å². The van der Waals surface area contributed by atoms with Crippen LogP contribution in [-0.4, -0.2) is 23.8 Å². The molecule has 1 aliphatic carbocycles. The minimum absolute atomic E-state index is 0.340. The minimum Gasteiger partial charge on any atom is -0.396 e. The molecule has 2 nitrogen and oxygen atoms in total. The summed E-state index contributed by atoms with van der Waals surface area (Å²) in [6, 6.07) is 0. The van der Waals surface area contributed by atoms with Crippen molar-refractivity contribution in [2.24, 2.45) is 5.92 Å². The highest BCUT2D eigenvalue weighted by atomic mass is 16.3. The lowest BCUT2D eigenvalue weighted by Crippen LogP contribution is -2.47. The molecule has 2 fully saturated rings. The van der Waals surface area contributed by atoms with Gasteiger partial charge >= 0.3 is 0 Å². The number of aliphatic hydroxyl groups is 1. The van der Waals surface area contributed by atoms with Crippen LogP contribution in [0.1, 0.15) is 38.5 Å². The zero-order chi connectivity index (χ0) is 8.44. The number of nitrogens with one attached hydrogen (secondary N) is 1. The Morgan fingerprint density at radius 2 is 2.00 bits per heavy atom. The third-order valence-electron chi connectivity index (χ3n) is 3.72. The van der Waals surface area contributed by atoms with Crippen LogP contribution >= 0.6 is 0 Å². The fourth-order valence-electron chi connectivity index (χ4n) is 2.95. The SMILES string of the molecule is OCC1CCNC12CCCCC2. The predicted molar refractivity (Wildman–Crippen MR) is 49.0 cm³/mol. The maximum Gasteiger partial charge on any atom is 0.0477 e. The fourth-order valence-corrected chi connectivity index (χ4v) is 2.95. The highest BCUT2D eigenvalue weighted by Gasteiger charge is 2.42. The lowest BCUT2D eigenvalue weighted by molar-refractivity contribution is 0.127. The van der Waals surface area contributed by atoms with Crippen molar-refractivity contribution in [3.8, 4) is 0 Å². The molecule has 1 aliphatic heterocycles. The first-order valence-electron chi connectivity index (χ1n) is 5.23. The summed E-state index contributed by atoms with van der Waals surface area (Å²) in [5.74, 6) is 0.540. The van der Waals surface area contributed by atoms with Gasteiger partial charge in [-0.15, -0.1) is 0 Å². The first-order chi connectivity index (χ1) is 5.87. The van der Waals surface area contributed by atoms with Crippen LogP contribution in [0.25, 0.3) is 0 Å². The van der Waals surface area contributed by atoms with Crippen molar-refractivity contribution >= 4 is 0 Å². The van der Waals surface area contributed by atoms with Gasteiger partial charge in [0.05, 0.1) is 0 Å². The predicted octanol–water partition coefficient (Wildman–Crippen LogP) is 1.29. The molecule has 0 aromatic carbocycles. The zero-order valence-electron chi connectivity index (χ0n) is 7.68. The van der Waals surface area contributed by atoms with E-state index < -0.39 is 0 Å². The lowest BCUT2D eigenvalue weighted by atomic mass is 9.74. The van der Waals surface area contributed by atoms with Gasteiger partial charge in [-0.1, -0.05) is 19.3 Å². The lowest BCUT2D eigenvalue weighted by Gasteiger charge is -2.38. The summed E-state index contributed by atoms with van der Waals surface area (Å²) in [6.07, 6.45) is 7.85. The number of hydrogen-bond acceptors (Lipinski definition) is 2. The molecule has 70 valence electrons. The van der Waals surface area contributed by atoms with Crippen LogP contribution in [0.15, 0.2) is 0 Å². The molecule has 12 heavy (non-hydrogen) atoms. The largest absolute Gasteiger partial charge is 0.396 e. The van der Waals surface area contributed by atoms with Crippen molar-refractivity contribution in [1.82, 2.24) is 5.32 Å². The van der Waals surface area contributed by atoms with Crippen molar-refractivity contribution in [3.63, 3.8) is 0 Å². The summed E-state index contributed by atoms with van der Waals surface area (Å²) in [5.41, 5.74) is 0.340. The van der Waals surface area contributed by atoms with E-state index in [0.29, 0.717) is 18.1 Å². The molecule has 1 heterocycles. The fraction of sp³-hybridized carbons (Fsp3) is 1.00. The molecular formula is C10H19NO. The highest BCUT2D eigenvalue weighted by molar-refractivity contribution is 5.00. The first kappa shape index (κ1) is 8.52. The van der Waals surface area contributed by atoms with Gasteiger partial charge in [-0.05, 0) is 25.8 Å². The molecular weight excluding hydrogens is 150 g/mol. The molecule has 1 unspecified atom stereocenters. The van der Waals surface area contributed by atoms with E-state index in [-0.39, 0.29) is 0 Å². The van der Waals surface area contributed by atoms with Crippen molar-refractivity contribution in [2.45, 2.75) is 44.1 Å². The Kier molecular flexibility index (Phi) is 2.37. The van der Waals surface area contributed by atoms with Crippen molar-refractivity contribution < 1.29 is 5.11 Å². The van der Waals surface area contributed by atoms with Gasteiger partial charge in [0.15, 0.2) is 0 Å². The topological polar surface area (TPSA) is 32.3 Å². The van der Waals surface area contributed by atoms with E-state index in [1.54, 1.807) is 0 Å². The van der Waals surface area contributed by atoms with Gasteiger partial charge in [-0.2, -0.15) is 0 Å². The zero-order valence-corrected chi connectivity index (χ0v) is 7.68. The minimum atomic E-state index is 0.340. The summed E-state index contributed by atoms with van der Waals surface area (Å²) in [6.45, 7) is 1.50. The van der Waals surface area contributed by atoms with Crippen LogP contribution in [0.2, 0.25) is 0 Å². The van der Waals surface area contributed by atoms with Gasteiger partial charge in [-0.3, -0.25) is 0 Å². The van der Waals surface area contributed by atoms with E-state index in [4.69, 9.17) is 0 Å². The molecule has 1 saturated carbocycles. The normalized spacial score (nSPS) is 34.2. The number of hydrogen-bond donors (Lipinski definition) is 2. The van der Waals surface area contributed by atoms with Gasteiger partial charge < -0.3 is 10.4 Å². The molecule has 1 atom stereocenters. The third kappa shape index (κ3) is 1.27. The molecule has 1 spiro atoms. The maximum absolute atomic E-state index is 9.24. The molecule has 2 rings (SSSR count). The molecule has 0 aromatic heterocycles. The molecule has 2 N–H and O–H groups in total. The van der Waals surface area contributed by atoms with Crippen molar-refractivity contribution in [3.05, 3.63) is 0 Å². The first-order valence-corrected chi connectivity index (χ1v) is 5.23. The van der Waals surface area contributed by atoms with Crippen LogP contribution in [0.5, 0.6) is 0 Å².